The van der Waals surface area contributed by atoms with Gasteiger partial charge in [0.1, 0.15) is 23.0 Å². The van der Waals surface area contributed by atoms with Gasteiger partial charge in [-0.2, -0.15) is 0 Å². The lowest BCUT2D eigenvalue weighted by Crippen LogP contribution is -2.33. The molecular weight excluding hydrogens is 343 g/mol. The second kappa shape index (κ2) is 6.07. The Morgan fingerprint density at radius 2 is 1.76 bits per heavy atom. The molecular formula is C18H15FN2O3S. The molecule has 2 aromatic carbocycles. The van der Waals surface area contributed by atoms with Crippen molar-refractivity contribution in [3.05, 3.63) is 59.9 Å². The van der Waals surface area contributed by atoms with Gasteiger partial charge in [-0.15, -0.1) is 11.8 Å². The number of amides is 3. The molecule has 0 unspecified atom stereocenters. The molecule has 2 aromatic rings. The van der Waals surface area contributed by atoms with Gasteiger partial charge in [-0.3, -0.25) is 9.69 Å². The fraction of sp³-hybridized carbons (Fsp3) is 0.222. The number of halogens is 1. The largest absolute Gasteiger partial charge is 0.497 e. The number of thioether (sulfide) groups is 1. The topological polar surface area (TPSA) is 49.9 Å². The van der Waals surface area contributed by atoms with Crippen molar-refractivity contribution in [3.63, 3.8) is 0 Å². The summed E-state index contributed by atoms with van der Waals surface area (Å²) in [5.41, 5.74) is 1.33. The number of anilines is 1. The normalized spacial score (nSPS) is 22.5. The third-order valence-electron chi connectivity index (χ3n) is 4.40. The molecule has 2 heterocycles. The summed E-state index contributed by atoms with van der Waals surface area (Å²) in [5, 5.41) is -0.287. The number of imide groups is 1. The highest BCUT2D eigenvalue weighted by Gasteiger charge is 2.53. The minimum Gasteiger partial charge on any atom is -0.497 e. The average molecular weight is 358 g/mol. The van der Waals surface area contributed by atoms with Crippen molar-refractivity contribution in [2.75, 3.05) is 17.8 Å². The van der Waals surface area contributed by atoms with Crippen LogP contribution in [0, 0.1) is 5.82 Å². The maximum absolute atomic E-state index is 13.2. The summed E-state index contributed by atoms with van der Waals surface area (Å²) in [5.74, 6) is 0.626. The number of ether oxygens (including phenoxy) is 1. The number of urea groups is 1. The van der Waals surface area contributed by atoms with E-state index in [9.17, 15) is 14.0 Å². The van der Waals surface area contributed by atoms with Crippen molar-refractivity contribution in [1.82, 2.24) is 4.90 Å². The van der Waals surface area contributed by atoms with E-state index in [1.54, 1.807) is 48.4 Å². The van der Waals surface area contributed by atoms with Crippen LogP contribution >= 0.6 is 11.8 Å². The maximum atomic E-state index is 13.2. The molecule has 2 aliphatic heterocycles. The number of carbonyl (C=O) groups excluding carboxylic acids is 2. The molecule has 5 nitrogen and oxygen atoms in total. The van der Waals surface area contributed by atoms with E-state index < -0.39 is 6.04 Å². The Bertz CT molecular complexity index is 825. The lowest BCUT2D eigenvalue weighted by molar-refractivity contribution is -0.119. The van der Waals surface area contributed by atoms with E-state index in [2.05, 4.69) is 0 Å². The SMILES string of the molecule is COc1ccc(N2C(=O)[C@@H]3CS[C@H](c4ccc(F)cc4)N3C2=O)cc1. The van der Waals surface area contributed by atoms with Crippen molar-refractivity contribution in [3.8, 4) is 5.75 Å². The molecule has 128 valence electrons. The summed E-state index contributed by atoms with van der Waals surface area (Å²) in [7, 11) is 1.56. The van der Waals surface area contributed by atoms with E-state index in [0.29, 0.717) is 17.2 Å². The second-order valence-electron chi connectivity index (χ2n) is 5.81. The van der Waals surface area contributed by atoms with Gasteiger partial charge in [0.25, 0.3) is 5.91 Å². The predicted octanol–water partition coefficient (Wildman–Crippen LogP) is 3.42. The predicted molar refractivity (Wildman–Crippen MR) is 93.1 cm³/mol. The molecule has 0 radical (unpaired) electrons. The Morgan fingerprint density at radius 1 is 1.08 bits per heavy atom. The first-order valence-electron chi connectivity index (χ1n) is 7.77. The fourth-order valence-corrected chi connectivity index (χ4v) is 4.56. The molecule has 0 aromatic heterocycles. The molecule has 25 heavy (non-hydrogen) atoms. The van der Waals surface area contributed by atoms with Crippen LogP contribution < -0.4 is 9.64 Å². The molecule has 2 atom stereocenters. The molecule has 0 spiro atoms. The van der Waals surface area contributed by atoms with E-state index in [4.69, 9.17) is 4.74 Å². The van der Waals surface area contributed by atoms with Gasteiger partial charge in [-0.05, 0) is 42.0 Å². The number of fused-ring (bicyclic) bond motifs is 1. The van der Waals surface area contributed by atoms with Crippen LogP contribution in [0.15, 0.2) is 48.5 Å². The van der Waals surface area contributed by atoms with E-state index in [0.717, 1.165) is 5.56 Å². The molecule has 2 fully saturated rings. The molecule has 0 saturated carbocycles. The lowest BCUT2D eigenvalue weighted by Gasteiger charge is -2.23. The molecule has 0 N–H and O–H groups in total. The zero-order chi connectivity index (χ0) is 17.6. The van der Waals surface area contributed by atoms with Gasteiger partial charge in [0.2, 0.25) is 0 Å². The molecule has 2 saturated heterocycles. The zero-order valence-corrected chi connectivity index (χ0v) is 14.2. The number of rotatable bonds is 3. The van der Waals surface area contributed by atoms with Gasteiger partial charge in [-0.25, -0.2) is 14.1 Å². The van der Waals surface area contributed by atoms with E-state index in [1.807, 2.05) is 0 Å². The quantitative estimate of drug-likeness (QED) is 0.789. The third kappa shape index (κ3) is 2.55. The highest BCUT2D eigenvalue weighted by molar-refractivity contribution is 7.99. The smallest absolute Gasteiger partial charge is 0.333 e. The van der Waals surface area contributed by atoms with Gasteiger partial charge < -0.3 is 4.74 Å². The Labute approximate surface area is 148 Å². The molecule has 2 aliphatic rings. The maximum Gasteiger partial charge on any atom is 0.333 e. The van der Waals surface area contributed by atoms with Crippen molar-refractivity contribution >= 4 is 29.4 Å². The molecule has 0 aliphatic carbocycles. The first-order valence-corrected chi connectivity index (χ1v) is 8.82. The number of methoxy groups -OCH3 is 1. The number of hydrogen-bond donors (Lipinski definition) is 0. The number of hydrogen-bond acceptors (Lipinski definition) is 4. The van der Waals surface area contributed by atoms with Gasteiger partial charge in [0.05, 0.1) is 12.8 Å². The Balaban J connectivity index is 1.65. The first-order chi connectivity index (χ1) is 12.1. The number of carbonyl (C=O) groups is 2. The molecule has 3 amide bonds. The van der Waals surface area contributed by atoms with Gasteiger partial charge >= 0.3 is 6.03 Å². The van der Waals surface area contributed by atoms with Crippen molar-refractivity contribution < 1.29 is 18.7 Å². The Hall–Kier alpha value is -2.54. The van der Waals surface area contributed by atoms with Crippen LogP contribution in [0.2, 0.25) is 0 Å². The molecule has 4 rings (SSSR count). The van der Waals surface area contributed by atoms with Crippen LogP contribution in [0.25, 0.3) is 0 Å². The van der Waals surface area contributed by atoms with E-state index in [-0.39, 0.29) is 23.1 Å². The summed E-state index contributed by atoms with van der Waals surface area (Å²) < 4.78 is 18.3. The van der Waals surface area contributed by atoms with Crippen molar-refractivity contribution in [1.29, 1.82) is 0 Å². The fourth-order valence-electron chi connectivity index (χ4n) is 3.14. The summed E-state index contributed by atoms with van der Waals surface area (Å²) in [6, 6.07) is 12.0. The van der Waals surface area contributed by atoms with Crippen LogP contribution in [0.4, 0.5) is 14.9 Å². The standard InChI is InChI=1S/C18H15FN2O3S/c1-24-14-8-6-13(7-9-14)20-16(22)15-10-25-17(21(15)18(20)23)11-2-4-12(19)5-3-11/h2-9,15,17H,10H2,1H3/t15-,17+/m0/s1. The van der Waals surface area contributed by atoms with Crippen LogP contribution in [0.5, 0.6) is 5.75 Å². The number of benzene rings is 2. The summed E-state index contributed by atoms with van der Waals surface area (Å²) in [4.78, 5) is 28.5. The third-order valence-corrected chi connectivity index (χ3v) is 5.73. The lowest BCUT2D eigenvalue weighted by atomic mass is 10.2. The minimum atomic E-state index is -0.491. The van der Waals surface area contributed by atoms with Crippen LogP contribution in [0.1, 0.15) is 10.9 Å². The second-order valence-corrected chi connectivity index (χ2v) is 6.93. The van der Waals surface area contributed by atoms with Crippen molar-refractivity contribution in [2.45, 2.75) is 11.4 Å². The van der Waals surface area contributed by atoms with Gasteiger partial charge in [0, 0.05) is 5.75 Å². The summed E-state index contributed by atoms with van der Waals surface area (Å²) in [6.45, 7) is 0. The van der Waals surface area contributed by atoms with Crippen LogP contribution in [0.3, 0.4) is 0 Å². The van der Waals surface area contributed by atoms with E-state index >= 15 is 0 Å². The van der Waals surface area contributed by atoms with Gasteiger partial charge in [0.15, 0.2) is 0 Å². The van der Waals surface area contributed by atoms with Crippen LogP contribution in [-0.4, -0.2) is 35.7 Å². The Morgan fingerprint density at radius 3 is 2.40 bits per heavy atom. The molecule has 7 heteroatoms. The zero-order valence-electron chi connectivity index (χ0n) is 13.4. The summed E-state index contributed by atoms with van der Waals surface area (Å²) >= 11 is 1.52. The van der Waals surface area contributed by atoms with Gasteiger partial charge in [-0.1, -0.05) is 12.1 Å². The van der Waals surface area contributed by atoms with Crippen LogP contribution in [-0.2, 0) is 4.79 Å². The highest BCUT2D eigenvalue weighted by atomic mass is 32.2. The first kappa shape index (κ1) is 16.0. The summed E-state index contributed by atoms with van der Waals surface area (Å²) in [6.07, 6.45) is 0. The molecule has 0 bridgehead atoms. The minimum absolute atomic E-state index is 0.229. The Kier molecular flexibility index (Phi) is 3.88. The average Bonchev–Trinajstić information content (AvgIpc) is 3.17. The van der Waals surface area contributed by atoms with Crippen molar-refractivity contribution in [2.24, 2.45) is 0 Å². The monoisotopic (exact) mass is 358 g/mol. The number of nitrogens with zero attached hydrogens (tertiary/aromatic N) is 2. The highest BCUT2D eigenvalue weighted by Crippen LogP contribution is 2.46. The van der Waals surface area contributed by atoms with E-state index in [1.165, 1.54) is 28.8 Å².